The van der Waals surface area contributed by atoms with Crippen LogP contribution in [0.5, 0.6) is 0 Å². The van der Waals surface area contributed by atoms with Crippen LogP contribution in [0.3, 0.4) is 0 Å². The minimum Gasteiger partial charge on any atom is -0.354 e. The second-order valence-corrected chi connectivity index (χ2v) is 6.15. The van der Waals surface area contributed by atoms with Gasteiger partial charge in [0.2, 0.25) is 5.91 Å². The summed E-state index contributed by atoms with van der Waals surface area (Å²) in [6.07, 6.45) is 1.02. The minimum atomic E-state index is -0.111. The molecule has 0 spiro atoms. The number of halogens is 1. The molecule has 144 valence electrons. The van der Waals surface area contributed by atoms with E-state index in [1.807, 2.05) is 12.1 Å². The molecular formula is C18H28IN5O2. The summed E-state index contributed by atoms with van der Waals surface area (Å²) in [4.78, 5) is 29.6. The second-order valence-electron chi connectivity index (χ2n) is 6.15. The Labute approximate surface area is 172 Å². The number of hydrogen-bond acceptors (Lipinski definition) is 3. The van der Waals surface area contributed by atoms with Crippen LogP contribution in [0.1, 0.15) is 36.2 Å². The number of carbonyl (C=O) groups is 2. The molecule has 3 N–H and O–H groups in total. The second kappa shape index (κ2) is 11.0. The Morgan fingerprint density at radius 1 is 1.35 bits per heavy atom. The first kappa shape index (κ1) is 22.2. The van der Waals surface area contributed by atoms with Crippen LogP contribution in [0.2, 0.25) is 0 Å². The third-order valence-corrected chi connectivity index (χ3v) is 4.21. The van der Waals surface area contributed by atoms with Gasteiger partial charge in [-0.3, -0.25) is 14.6 Å². The summed E-state index contributed by atoms with van der Waals surface area (Å²) >= 11 is 0. The summed E-state index contributed by atoms with van der Waals surface area (Å²) in [5, 5.41) is 9.28. The number of nitrogens with one attached hydrogen (secondary N) is 3. The van der Waals surface area contributed by atoms with E-state index < -0.39 is 0 Å². The molecule has 1 aromatic rings. The van der Waals surface area contributed by atoms with Crippen LogP contribution in [0, 0.1) is 0 Å². The number of hydrogen-bond donors (Lipinski definition) is 3. The van der Waals surface area contributed by atoms with E-state index in [2.05, 4.69) is 34.8 Å². The van der Waals surface area contributed by atoms with Gasteiger partial charge >= 0.3 is 0 Å². The topological polar surface area (TPSA) is 85.8 Å². The van der Waals surface area contributed by atoms with Crippen LogP contribution in [-0.4, -0.2) is 55.4 Å². The average molecular weight is 473 g/mol. The molecule has 1 saturated heterocycles. The molecular weight excluding hydrogens is 445 g/mol. The summed E-state index contributed by atoms with van der Waals surface area (Å²) in [5.74, 6) is 0.540. The van der Waals surface area contributed by atoms with Gasteiger partial charge in [0.25, 0.3) is 5.91 Å². The number of amides is 2. The van der Waals surface area contributed by atoms with E-state index in [-0.39, 0.29) is 42.3 Å². The predicted molar refractivity (Wildman–Crippen MR) is 114 cm³/mol. The zero-order chi connectivity index (χ0) is 18.2. The minimum absolute atomic E-state index is 0. The van der Waals surface area contributed by atoms with Crippen molar-refractivity contribution in [1.82, 2.24) is 20.9 Å². The molecule has 1 aliphatic rings. The fraction of sp³-hybridized carbons (Fsp3) is 0.500. The van der Waals surface area contributed by atoms with Gasteiger partial charge in [-0.15, -0.1) is 24.0 Å². The van der Waals surface area contributed by atoms with Gasteiger partial charge in [-0.2, -0.15) is 0 Å². The van der Waals surface area contributed by atoms with E-state index in [1.165, 1.54) is 0 Å². The van der Waals surface area contributed by atoms with Crippen molar-refractivity contribution in [2.75, 3.05) is 26.7 Å². The highest BCUT2D eigenvalue weighted by molar-refractivity contribution is 14.0. The van der Waals surface area contributed by atoms with E-state index in [0.29, 0.717) is 31.2 Å². The lowest BCUT2D eigenvalue weighted by Gasteiger charge is -2.26. The molecule has 1 fully saturated rings. The molecule has 1 aromatic carbocycles. The quantitative estimate of drug-likeness (QED) is 0.343. The fourth-order valence-electron chi connectivity index (χ4n) is 2.48. The van der Waals surface area contributed by atoms with E-state index in [4.69, 9.17) is 0 Å². The highest BCUT2D eigenvalue weighted by Crippen LogP contribution is 2.09. The van der Waals surface area contributed by atoms with Crippen molar-refractivity contribution in [3.8, 4) is 0 Å². The maximum atomic E-state index is 12.4. The van der Waals surface area contributed by atoms with Crippen LogP contribution in [0.15, 0.2) is 29.3 Å². The van der Waals surface area contributed by atoms with Crippen LogP contribution < -0.4 is 16.0 Å². The van der Waals surface area contributed by atoms with E-state index >= 15 is 0 Å². The summed E-state index contributed by atoms with van der Waals surface area (Å²) in [6.45, 7) is 6.03. The number of benzene rings is 1. The maximum Gasteiger partial charge on any atom is 0.254 e. The summed E-state index contributed by atoms with van der Waals surface area (Å²) in [6, 6.07) is 7.79. The van der Waals surface area contributed by atoms with Crippen molar-refractivity contribution < 1.29 is 9.59 Å². The van der Waals surface area contributed by atoms with E-state index in [1.54, 1.807) is 24.1 Å². The number of piperazine rings is 1. The highest BCUT2D eigenvalue weighted by Gasteiger charge is 2.22. The molecule has 26 heavy (non-hydrogen) atoms. The largest absolute Gasteiger partial charge is 0.354 e. The fourth-order valence-corrected chi connectivity index (χ4v) is 2.48. The lowest BCUT2D eigenvalue weighted by Crippen LogP contribution is -2.49. The Bertz CT molecular complexity index is 633. The molecule has 8 heteroatoms. The van der Waals surface area contributed by atoms with Gasteiger partial charge in [-0.1, -0.05) is 19.1 Å². The number of guanidine groups is 1. The summed E-state index contributed by atoms with van der Waals surface area (Å²) < 4.78 is 0. The molecule has 1 heterocycles. The van der Waals surface area contributed by atoms with Crippen molar-refractivity contribution in [2.45, 2.75) is 32.9 Å². The van der Waals surface area contributed by atoms with Gasteiger partial charge < -0.3 is 20.9 Å². The van der Waals surface area contributed by atoms with Crippen molar-refractivity contribution in [3.05, 3.63) is 35.4 Å². The molecule has 0 bridgehead atoms. The Morgan fingerprint density at radius 2 is 2.04 bits per heavy atom. The van der Waals surface area contributed by atoms with Crippen molar-refractivity contribution in [1.29, 1.82) is 0 Å². The third kappa shape index (κ3) is 6.47. The van der Waals surface area contributed by atoms with Crippen molar-refractivity contribution in [3.63, 3.8) is 0 Å². The number of carbonyl (C=O) groups excluding carboxylic acids is 2. The van der Waals surface area contributed by atoms with Crippen molar-refractivity contribution >= 4 is 41.8 Å². The highest BCUT2D eigenvalue weighted by atomic mass is 127. The van der Waals surface area contributed by atoms with Gasteiger partial charge in [-0.05, 0) is 31.0 Å². The van der Waals surface area contributed by atoms with Crippen LogP contribution in [0.25, 0.3) is 0 Å². The number of rotatable bonds is 5. The molecule has 0 radical (unpaired) electrons. The normalized spacial score (nSPS) is 15.6. The first-order valence-corrected chi connectivity index (χ1v) is 8.65. The molecule has 2 amide bonds. The van der Waals surface area contributed by atoms with Crippen LogP contribution in [-0.2, 0) is 11.3 Å². The van der Waals surface area contributed by atoms with Crippen LogP contribution in [0.4, 0.5) is 0 Å². The van der Waals surface area contributed by atoms with E-state index in [0.717, 1.165) is 17.9 Å². The predicted octanol–water partition coefficient (Wildman–Crippen LogP) is 1.34. The summed E-state index contributed by atoms with van der Waals surface area (Å²) in [5.41, 5.74) is 1.65. The molecule has 0 aromatic heterocycles. The lowest BCUT2D eigenvalue weighted by atomic mass is 10.1. The van der Waals surface area contributed by atoms with E-state index in [9.17, 15) is 9.59 Å². The molecule has 1 atom stereocenters. The van der Waals surface area contributed by atoms with Crippen LogP contribution >= 0.6 is 24.0 Å². The van der Waals surface area contributed by atoms with Gasteiger partial charge in [0.15, 0.2) is 5.96 Å². The Kier molecular flexibility index (Phi) is 9.39. The number of aliphatic imine (C=N–C) groups is 1. The van der Waals surface area contributed by atoms with Gasteiger partial charge in [0.1, 0.15) is 0 Å². The standard InChI is InChI=1S/C18H27N5O2.HI/c1-4-13(2)22-18(19-3)21-11-14-5-7-15(8-6-14)17(25)23-10-9-20-16(24)12-23;/h5-8,13H,4,9-12H2,1-3H3,(H,20,24)(H2,19,21,22);1H. The lowest BCUT2D eigenvalue weighted by molar-refractivity contribution is -0.123. The molecule has 0 saturated carbocycles. The monoisotopic (exact) mass is 473 g/mol. The smallest absolute Gasteiger partial charge is 0.254 e. The third-order valence-electron chi connectivity index (χ3n) is 4.21. The molecule has 1 aliphatic heterocycles. The van der Waals surface area contributed by atoms with Gasteiger partial charge in [0.05, 0.1) is 6.54 Å². The maximum absolute atomic E-state index is 12.4. The molecule has 0 aliphatic carbocycles. The molecule has 1 unspecified atom stereocenters. The van der Waals surface area contributed by atoms with Crippen molar-refractivity contribution in [2.24, 2.45) is 4.99 Å². The van der Waals surface area contributed by atoms with Gasteiger partial charge in [0, 0.05) is 38.3 Å². The SMILES string of the molecule is CCC(C)NC(=NC)NCc1ccc(C(=O)N2CCNC(=O)C2)cc1.I. The number of nitrogens with zero attached hydrogens (tertiary/aromatic N) is 2. The Balaban J connectivity index is 0.00000338. The molecule has 2 rings (SSSR count). The Hall–Kier alpha value is -1.84. The molecule has 7 nitrogen and oxygen atoms in total. The zero-order valence-electron chi connectivity index (χ0n) is 15.5. The Morgan fingerprint density at radius 3 is 2.62 bits per heavy atom. The first-order chi connectivity index (χ1) is 12.0. The summed E-state index contributed by atoms with van der Waals surface area (Å²) in [7, 11) is 1.74. The zero-order valence-corrected chi connectivity index (χ0v) is 17.9. The van der Waals surface area contributed by atoms with Gasteiger partial charge in [-0.25, -0.2) is 0 Å². The average Bonchev–Trinajstić information content (AvgIpc) is 2.64. The first-order valence-electron chi connectivity index (χ1n) is 8.65.